The maximum absolute atomic E-state index is 12.5. The third-order valence-electron chi connectivity index (χ3n) is 5.39. The number of aryl methyl sites for hydroxylation is 4. The van der Waals surface area contributed by atoms with Gasteiger partial charge in [-0.15, -0.1) is 22.7 Å². The summed E-state index contributed by atoms with van der Waals surface area (Å²) in [5.41, 5.74) is 2.69. The summed E-state index contributed by atoms with van der Waals surface area (Å²) < 4.78 is 0. The van der Waals surface area contributed by atoms with Crippen LogP contribution in [0.15, 0.2) is 12.1 Å². The number of fused-ring (bicyclic) bond motifs is 2. The van der Waals surface area contributed by atoms with Gasteiger partial charge in [-0.2, -0.15) is 0 Å². The molecule has 0 aliphatic heterocycles. The van der Waals surface area contributed by atoms with E-state index in [0.29, 0.717) is 6.54 Å². The lowest BCUT2D eigenvalue weighted by Gasteiger charge is -2.13. The van der Waals surface area contributed by atoms with E-state index in [1.54, 1.807) is 22.7 Å². The fourth-order valence-corrected chi connectivity index (χ4v) is 6.21. The first-order chi connectivity index (χ1) is 13.1. The second-order valence-electron chi connectivity index (χ2n) is 7.62. The van der Waals surface area contributed by atoms with Gasteiger partial charge in [0.1, 0.15) is 0 Å². The molecule has 2 aromatic rings. The summed E-state index contributed by atoms with van der Waals surface area (Å²) in [5.74, 6) is -0.0511. The van der Waals surface area contributed by atoms with E-state index in [9.17, 15) is 9.59 Å². The van der Waals surface area contributed by atoms with E-state index >= 15 is 0 Å². The van der Waals surface area contributed by atoms with E-state index in [1.165, 1.54) is 46.6 Å². The van der Waals surface area contributed by atoms with E-state index in [-0.39, 0.29) is 17.9 Å². The highest BCUT2D eigenvalue weighted by Gasteiger charge is 2.20. The van der Waals surface area contributed by atoms with Gasteiger partial charge in [-0.3, -0.25) is 9.59 Å². The molecule has 0 fully saturated rings. The molecular weight excluding hydrogens is 376 g/mol. The maximum Gasteiger partial charge on any atom is 0.261 e. The molecule has 0 bridgehead atoms. The van der Waals surface area contributed by atoms with Gasteiger partial charge in [0.05, 0.1) is 9.75 Å². The van der Waals surface area contributed by atoms with E-state index in [4.69, 9.17) is 0 Å². The predicted octanol–water partition coefficient (Wildman–Crippen LogP) is 4.12. The molecule has 144 valence electrons. The lowest BCUT2D eigenvalue weighted by molar-refractivity contribution is 0.0916. The van der Waals surface area contributed by atoms with Crippen LogP contribution < -0.4 is 10.6 Å². The number of nitrogens with one attached hydrogen (secondary N) is 2. The van der Waals surface area contributed by atoms with Crippen LogP contribution in [0.1, 0.15) is 72.8 Å². The predicted molar refractivity (Wildman–Crippen MR) is 111 cm³/mol. The zero-order chi connectivity index (χ0) is 18.8. The van der Waals surface area contributed by atoms with Gasteiger partial charge in [-0.25, -0.2) is 0 Å². The van der Waals surface area contributed by atoms with Crippen molar-refractivity contribution in [2.75, 3.05) is 6.54 Å². The minimum absolute atomic E-state index is 0.0252. The molecule has 4 nitrogen and oxygen atoms in total. The molecule has 2 aliphatic rings. The molecule has 1 atom stereocenters. The number of amides is 2. The molecule has 4 rings (SSSR count). The fourth-order valence-electron chi connectivity index (χ4n) is 3.88. The Hall–Kier alpha value is -1.66. The Labute approximate surface area is 168 Å². The average molecular weight is 403 g/mol. The summed E-state index contributed by atoms with van der Waals surface area (Å²) in [4.78, 5) is 29.3. The smallest absolute Gasteiger partial charge is 0.261 e. The van der Waals surface area contributed by atoms with Crippen LogP contribution in [0.3, 0.4) is 0 Å². The lowest BCUT2D eigenvalue weighted by Crippen LogP contribution is -2.41. The van der Waals surface area contributed by atoms with E-state index in [1.807, 2.05) is 13.0 Å². The summed E-state index contributed by atoms with van der Waals surface area (Å²) in [7, 11) is 0. The van der Waals surface area contributed by atoms with Crippen molar-refractivity contribution >= 4 is 34.5 Å². The maximum atomic E-state index is 12.5. The summed E-state index contributed by atoms with van der Waals surface area (Å²) in [6.07, 6.45) is 9.28. The van der Waals surface area contributed by atoms with Gasteiger partial charge in [0.25, 0.3) is 11.8 Å². The molecular formula is C21H26N2O2S2. The minimum Gasteiger partial charge on any atom is -0.349 e. The minimum atomic E-state index is -0.102. The molecule has 6 heteroatoms. The van der Waals surface area contributed by atoms with E-state index < -0.39 is 0 Å². The van der Waals surface area contributed by atoms with E-state index in [0.717, 1.165) is 35.4 Å². The van der Waals surface area contributed by atoms with Gasteiger partial charge in [0.2, 0.25) is 0 Å². The van der Waals surface area contributed by atoms with Crippen LogP contribution in [0.2, 0.25) is 0 Å². The molecule has 0 aromatic carbocycles. The Morgan fingerprint density at radius 2 is 1.41 bits per heavy atom. The molecule has 1 unspecified atom stereocenters. The second-order valence-corrected chi connectivity index (χ2v) is 9.89. The highest BCUT2D eigenvalue weighted by Crippen LogP contribution is 2.30. The summed E-state index contributed by atoms with van der Waals surface area (Å²) in [5, 5.41) is 6.00. The number of hydrogen-bond donors (Lipinski definition) is 2. The molecule has 0 saturated heterocycles. The van der Waals surface area contributed by atoms with Gasteiger partial charge in [-0.1, -0.05) is 0 Å². The van der Waals surface area contributed by atoms with Crippen molar-refractivity contribution in [1.29, 1.82) is 0 Å². The molecule has 0 saturated carbocycles. The van der Waals surface area contributed by atoms with Crippen LogP contribution in [0.5, 0.6) is 0 Å². The SMILES string of the molecule is CC(CNC(=O)c1cc2c(s1)CCCC2)NC(=O)c1cc2c(s1)CCCC2. The van der Waals surface area contributed by atoms with Crippen molar-refractivity contribution in [2.45, 2.75) is 64.3 Å². The number of carbonyl (C=O) groups excluding carboxylic acids is 2. The Bertz CT molecular complexity index is 805. The Morgan fingerprint density at radius 3 is 1.96 bits per heavy atom. The third kappa shape index (κ3) is 4.27. The van der Waals surface area contributed by atoms with Crippen LogP contribution in [0.4, 0.5) is 0 Å². The first-order valence-corrected chi connectivity index (χ1v) is 11.6. The molecule has 0 radical (unpaired) electrons. The number of carbonyl (C=O) groups is 2. The van der Waals surface area contributed by atoms with E-state index in [2.05, 4.69) is 16.7 Å². The third-order valence-corrected chi connectivity index (χ3v) is 7.86. The molecule has 2 N–H and O–H groups in total. The monoisotopic (exact) mass is 402 g/mol. The number of thiophene rings is 2. The highest BCUT2D eigenvalue weighted by molar-refractivity contribution is 7.14. The molecule has 27 heavy (non-hydrogen) atoms. The van der Waals surface area contributed by atoms with Gasteiger partial charge in [0, 0.05) is 22.3 Å². The normalized spacial score (nSPS) is 16.9. The van der Waals surface area contributed by atoms with Crippen LogP contribution in [-0.2, 0) is 25.7 Å². The topological polar surface area (TPSA) is 58.2 Å². The van der Waals surface area contributed by atoms with Crippen LogP contribution >= 0.6 is 22.7 Å². The van der Waals surface area contributed by atoms with Crippen LogP contribution in [0.25, 0.3) is 0 Å². The highest BCUT2D eigenvalue weighted by atomic mass is 32.1. The largest absolute Gasteiger partial charge is 0.349 e. The van der Waals surface area contributed by atoms with Gasteiger partial charge in [-0.05, 0) is 81.5 Å². The van der Waals surface area contributed by atoms with Gasteiger partial charge >= 0.3 is 0 Å². The van der Waals surface area contributed by atoms with Crippen molar-refractivity contribution in [3.63, 3.8) is 0 Å². The van der Waals surface area contributed by atoms with Crippen molar-refractivity contribution in [3.8, 4) is 0 Å². The summed E-state index contributed by atoms with van der Waals surface area (Å²) in [6.45, 7) is 2.38. The molecule has 2 amide bonds. The Balaban J connectivity index is 1.29. The second kappa shape index (κ2) is 8.15. The van der Waals surface area contributed by atoms with Crippen molar-refractivity contribution < 1.29 is 9.59 Å². The standard InChI is InChI=1S/C21H26N2O2S2/c1-13(23-21(25)19-11-15-7-3-5-9-17(15)27-19)12-22-20(24)18-10-14-6-2-4-8-16(14)26-18/h10-11,13H,2-9,12H2,1H3,(H,22,24)(H,23,25). The lowest BCUT2D eigenvalue weighted by atomic mass is 9.99. The molecule has 2 aliphatic carbocycles. The number of hydrogen-bond acceptors (Lipinski definition) is 4. The first kappa shape index (κ1) is 18.7. The Morgan fingerprint density at radius 1 is 0.889 bits per heavy atom. The Kier molecular flexibility index (Phi) is 5.64. The molecule has 2 heterocycles. The quantitative estimate of drug-likeness (QED) is 0.790. The zero-order valence-corrected chi connectivity index (χ0v) is 17.4. The van der Waals surface area contributed by atoms with Crippen molar-refractivity contribution in [3.05, 3.63) is 42.8 Å². The van der Waals surface area contributed by atoms with Gasteiger partial charge < -0.3 is 10.6 Å². The zero-order valence-electron chi connectivity index (χ0n) is 15.7. The molecule has 2 aromatic heterocycles. The van der Waals surface area contributed by atoms with Crippen molar-refractivity contribution in [2.24, 2.45) is 0 Å². The summed E-state index contributed by atoms with van der Waals surface area (Å²) >= 11 is 3.25. The fraction of sp³-hybridized carbons (Fsp3) is 0.524. The first-order valence-electron chi connectivity index (χ1n) is 9.92. The number of rotatable bonds is 5. The molecule has 0 spiro atoms. The average Bonchev–Trinajstić information content (AvgIpc) is 3.30. The van der Waals surface area contributed by atoms with Crippen molar-refractivity contribution in [1.82, 2.24) is 10.6 Å². The van der Waals surface area contributed by atoms with Crippen LogP contribution in [-0.4, -0.2) is 24.4 Å². The van der Waals surface area contributed by atoms with Gasteiger partial charge in [0.15, 0.2) is 0 Å². The summed E-state index contributed by atoms with van der Waals surface area (Å²) in [6, 6.07) is 4.00. The van der Waals surface area contributed by atoms with Crippen LogP contribution in [0, 0.1) is 0 Å².